The van der Waals surface area contributed by atoms with E-state index < -0.39 is 0 Å². The molecule has 0 atom stereocenters. The van der Waals surface area contributed by atoms with Crippen molar-refractivity contribution in [1.82, 2.24) is 5.43 Å². The zero-order valence-electron chi connectivity index (χ0n) is 12.3. The van der Waals surface area contributed by atoms with E-state index in [1.165, 1.54) is 0 Å². The molecule has 0 fully saturated rings. The van der Waals surface area contributed by atoms with Crippen LogP contribution in [0.1, 0.15) is 59.3 Å². The van der Waals surface area contributed by atoms with E-state index >= 15 is 0 Å². The van der Waals surface area contributed by atoms with Crippen molar-refractivity contribution in [1.29, 1.82) is 0 Å². The smallest absolute Gasteiger partial charge is 0.211 e. The van der Waals surface area contributed by atoms with E-state index in [4.69, 9.17) is 0 Å². The standard InChI is InChI=1S/C13H26N6/c1-4-7-10-14-17-13(18-15-11-8-5-2)19-16-12-9-6-3/h10-12H,4-9H2,1-3H3,(H2,17,18,19)/p+1. The number of unbranched alkanes of at least 4 members (excludes halogenated alkanes) is 3. The Morgan fingerprint density at radius 1 is 0.947 bits per heavy atom. The van der Waals surface area contributed by atoms with Gasteiger partial charge in [0.05, 0.1) is 6.21 Å². The topological polar surface area (TPSA) is 78.1 Å². The molecule has 0 unspecified atom stereocenters. The predicted octanol–water partition coefficient (Wildman–Crippen LogP) is 1.85. The van der Waals surface area contributed by atoms with Crippen LogP contribution >= 0.6 is 0 Å². The minimum Gasteiger partial charge on any atom is -0.211 e. The molecule has 0 saturated carbocycles. The molecule has 0 heterocycles. The normalized spacial score (nSPS) is 13.1. The number of hydrazone groups is 1. The number of nitrogens with one attached hydrogen (secondary N) is 1. The molecule has 0 radical (unpaired) electrons. The Kier molecular flexibility index (Phi) is 13.3. The van der Waals surface area contributed by atoms with Crippen molar-refractivity contribution < 1.29 is 5.43 Å². The number of nitrogens with two attached hydrogens (primary N) is 1. The van der Waals surface area contributed by atoms with E-state index in [2.05, 4.69) is 46.6 Å². The highest BCUT2D eigenvalue weighted by atomic mass is 15.5. The molecule has 0 rings (SSSR count). The third-order valence-electron chi connectivity index (χ3n) is 2.07. The fourth-order valence-corrected chi connectivity index (χ4v) is 0.999. The Hall–Kier alpha value is -1.56. The van der Waals surface area contributed by atoms with Crippen molar-refractivity contribution in [2.45, 2.75) is 59.3 Å². The second-order valence-electron chi connectivity index (χ2n) is 4.03. The van der Waals surface area contributed by atoms with Crippen molar-refractivity contribution in [2.24, 2.45) is 20.4 Å². The fourth-order valence-electron chi connectivity index (χ4n) is 0.999. The van der Waals surface area contributed by atoms with Gasteiger partial charge in [-0.25, -0.2) is 5.43 Å². The maximum atomic E-state index is 4.17. The van der Waals surface area contributed by atoms with Gasteiger partial charge in [0, 0.05) is 12.4 Å². The molecular weight excluding hydrogens is 240 g/mol. The van der Waals surface area contributed by atoms with Crippen molar-refractivity contribution in [3.8, 4) is 0 Å². The Morgan fingerprint density at radius 2 is 1.58 bits per heavy atom. The molecule has 0 amide bonds. The Balaban J connectivity index is 4.28. The lowest BCUT2D eigenvalue weighted by Crippen LogP contribution is -2.85. The summed E-state index contributed by atoms with van der Waals surface area (Å²) in [6.07, 6.45) is 11.5. The molecule has 6 nitrogen and oxygen atoms in total. The summed E-state index contributed by atoms with van der Waals surface area (Å²) in [6, 6.07) is 0. The van der Waals surface area contributed by atoms with Gasteiger partial charge in [0.15, 0.2) is 0 Å². The highest BCUT2D eigenvalue weighted by molar-refractivity contribution is 5.72. The molecule has 0 spiro atoms. The highest BCUT2D eigenvalue weighted by Crippen LogP contribution is 1.82. The predicted molar refractivity (Wildman–Crippen MR) is 82.7 cm³/mol. The first-order valence-corrected chi connectivity index (χ1v) is 7.06. The molecule has 3 N–H and O–H groups in total. The van der Waals surface area contributed by atoms with Crippen LogP contribution in [0.25, 0.3) is 0 Å². The van der Waals surface area contributed by atoms with Crippen LogP contribution in [-0.2, 0) is 0 Å². The van der Waals surface area contributed by atoms with E-state index in [9.17, 15) is 0 Å². The number of guanidine groups is 1. The van der Waals surface area contributed by atoms with Gasteiger partial charge < -0.3 is 0 Å². The molecule has 0 aromatic heterocycles. The molecule has 0 aliphatic rings. The quantitative estimate of drug-likeness (QED) is 0.284. The average Bonchev–Trinajstić information content (AvgIpc) is 2.43. The molecule has 0 aliphatic heterocycles. The number of hydrogen-bond donors (Lipinski definition) is 2. The van der Waals surface area contributed by atoms with Gasteiger partial charge in [-0.15, -0.1) is 0 Å². The van der Waals surface area contributed by atoms with Crippen LogP contribution in [0.3, 0.4) is 0 Å². The zero-order valence-corrected chi connectivity index (χ0v) is 12.3. The SMILES string of the molecule is CCCC=NN=C(NN=CCCC)[NH2+]N=CCCC. The first-order valence-electron chi connectivity index (χ1n) is 7.06. The summed E-state index contributed by atoms with van der Waals surface area (Å²) in [7, 11) is 0. The molecule has 19 heavy (non-hydrogen) atoms. The largest absolute Gasteiger partial charge is 0.365 e. The molecule has 0 aromatic carbocycles. The maximum Gasteiger partial charge on any atom is 0.365 e. The molecule has 0 bridgehead atoms. The van der Waals surface area contributed by atoms with Crippen molar-refractivity contribution in [2.75, 3.05) is 0 Å². The van der Waals surface area contributed by atoms with E-state index in [1.807, 2.05) is 12.4 Å². The summed E-state index contributed by atoms with van der Waals surface area (Å²) in [5.74, 6) is 0.548. The number of hydrogen-bond acceptors (Lipinski definition) is 4. The molecular formula is C13H27N6+. The second kappa shape index (κ2) is 14.5. The third-order valence-corrected chi connectivity index (χ3v) is 2.07. The fraction of sp³-hybridized carbons (Fsp3) is 0.692. The average molecular weight is 267 g/mol. The number of nitrogens with zero attached hydrogens (tertiary/aromatic N) is 4. The van der Waals surface area contributed by atoms with Crippen LogP contribution in [-0.4, -0.2) is 24.6 Å². The van der Waals surface area contributed by atoms with Gasteiger partial charge in [0.2, 0.25) is 0 Å². The summed E-state index contributed by atoms with van der Waals surface area (Å²) in [6.45, 7) is 6.33. The molecule has 0 aromatic rings. The monoisotopic (exact) mass is 267 g/mol. The van der Waals surface area contributed by atoms with Gasteiger partial charge in [-0.2, -0.15) is 15.6 Å². The van der Waals surface area contributed by atoms with Gasteiger partial charge >= 0.3 is 5.96 Å². The van der Waals surface area contributed by atoms with E-state index in [1.54, 1.807) is 11.6 Å². The van der Waals surface area contributed by atoms with Gasteiger partial charge in [-0.05, 0) is 19.3 Å². The lowest BCUT2D eigenvalue weighted by Gasteiger charge is -1.96. The van der Waals surface area contributed by atoms with Crippen molar-refractivity contribution in [3.05, 3.63) is 0 Å². The van der Waals surface area contributed by atoms with E-state index in [-0.39, 0.29) is 0 Å². The molecule has 0 aliphatic carbocycles. The third kappa shape index (κ3) is 12.7. The number of quaternary nitrogens is 1. The summed E-state index contributed by atoms with van der Waals surface area (Å²) in [5, 5.41) is 16.3. The minimum atomic E-state index is 0.548. The zero-order chi connectivity index (χ0) is 14.2. The maximum absolute atomic E-state index is 4.17. The van der Waals surface area contributed by atoms with Crippen LogP contribution in [0, 0.1) is 0 Å². The first-order chi connectivity index (χ1) is 9.35. The van der Waals surface area contributed by atoms with Gasteiger partial charge in [0.25, 0.3) is 0 Å². The van der Waals surface area contributed by atoms with Crippen LogP contribution < -0.4 is 10.9 Å². The summed E-state index contributed by atoms with van der Waals surface area (Å²) in [5.41, 5.74) is 4.49. The molecule has 0 saturated heterocycles. The summed E-state index contributed by atoms with van der Waals surface area (Å²) >= 11 is 0. The van der Waals surface area contributed by atoms with Gasteiger partial charge in [-0.3, -0.25) is 0 Å². The Bertz CT molecular complexity index is 286. The summed E-state index contributed by atoms with van der Waals surface area (Å²) < 4.78 is 0. The lowest BCUT2D eigenvalue weighted by atomic mass is 10.4. The Labute approximate surface area is 116 Å². The minimum absolute atomic E-state index is 0.548. The van der Waals surface area contributed by atoms with E-state index in [0.29, 0.717) is 5.96 Å². The van der Waals surface area contributed by atoms with Crippen molar-refractivity contribution >= 4 is 24.6 Å². The van der Waals surface area contributed by atoms with Crippen LogP contribution in [0.5, 0.6) is 0 Å². The van der Waals surface area contributed by atoms with Crippen LogP contribution in [0.15, 0.2) is 20.4 Å². The van der Waals surface area contributed by atoms with Gasteiger partial charge in [0.1, 0.15) is 0 Å². The lowest BCUT2D eigenvalue weighted by molar-refractivity contribution is -0.549. The van der Waals surface area contributed by atoms with Gasteiger partial charge in [-0.1, -0.05) is 50.2 Å². The van der Waals surface area contributed by atoms with Crippen molar-refractivity contribution in [3.63, 3.8) is 0 Å². The van der Waals surface area contributed by atoms with E-state index in [0.717, 1.165) is 38.5 Å². The second-order valence-corrected chi connectivity index (χ2v) is 4.03. The highest BCUT2D eigenvalue weighted by Gasteiger charge is 1.99. The molecule has 6 heteroatoms. The van der Waals surface area contributed by atoms with Crippen LogP contribution in [0.2, 0.25) is 0 Å². The molecule has 108 valence electrons. The van der Waals surface area contributed by atoms with Crippen LogP contribution in [0.4, 0.5) is 0 Å². The Morgan fingerprint density at radius 3 is 2.26 bits per heavy atom. The number of rotatable bonds is 9. The first kappa shape index (κ1) is 17.4. The summed E-state index contributed by atoms with van der Waals surface area (Å²) in [4.78, 5) is 0.